The van der Waals surface area contributed by atoms with E-state index in [1.54, 1.807) is 0 Å². The van der Waals surface area contributed by atoms with Crippen LogP contribution in [0, 0.1) is 0 Å². The fourth-order valence-electron chi connectivity index (χ4n) is 3.74. The van der Waals surface area contributed by atoms with Crippen molar-refractivity contribution in [2.75, 3.05) is 0 Å². The molecule has 0 aromatic heterocycles. The van der Waals surface area contributed by atoms with Crippen LogP contribution in [0.2, 0.25) is 0 Å². The lowest BCUT2D eigenvalue weighted by molar-refractivity contribution is -0.126. The van der Waals surface area contributed by atoms with E-state index in [2.05, 4.69) is 6.92 Å². The molecule has 0 rings (SSSR count). The number of carbonyl (C=O) groups is 1. The van der Waals surface area contributed by atoms with Gasteiger partial charge in [0.15, 0.2) is 0 Å². The first-order valence-electron chi connectivity index (χ1n) is 12.2. The molecule has 162 valence electrons. The van der Waals surface area contributed by atoms with Crippen LogP contribution in [0.25, 0.3) is 0 Å². The number of primary amides is 1. The van der Waals surface area contributed by atoms with Gasteiger partial charge in [-0.15, -0.1) is 0 Å². The van der Waals surface area contributed by atoms with Crippen LogP contribution in [0.5, 0.6) is 0 Å². The summed E-state index contributed by atoms with van der Waals surface area (Å²) >= 11 is 0. The molecule has 0 unspecified atom stereocenters. The van der Waals surface area contributed by atoms with Gasteiger partial charge in [0.1, 0.15) is 6.10 Å². The first-order valence-corrected chi connectivity index (χ1v) is 12.2. The van der Waals surface area contributed by atoms with E-state index in [4.69, 9.17) is 5.73 Å². The Bertz CT molecular complexity index is 307. The summed E-state index contributed by atoms with van der Waals surface area (Å²) in [7, 11) is 0. The van der Waals surface area contributed by atoms with Crippen molar-refractivity contribution < 1.29 is 9.90 Å². The first kappa shape index (κ1) is 26.4. The molecule has 1 atom stereocenters. The third-order valence-electron chi connectivity index (χ3n) is 5.66. The second-order valence-electron chi connectivity index (χ2n) is 8.42. The Morgan fingerprint density at radius 2 is 0.852 bits per heavy atom. The van der Waals surface area contributed by atoms with Crippen molar-refractivity contribution >= 4 is 5.91 Å². The van der Waals surface area contributed by atoms with E-state index in [1.165, 1.54) is 116 Å². The summed E-state index contributed by atoms with van der Waals surface area (Å²) in [6, 6.07) is 0. The standard InChI is InChI=1S/C24H49NO2/c1-2-3-4-5-6-7-8-9-10-11-12-13-14-15-16-17-18-19-20-21-22-23(26)24(25)27/h23,26H,2-22H2,1H3,(H2,25,27)/t23-/m1/s1. The minimum absolute atomic E-state index is 0.522. The molecule has 3 nitrogen and oxygen atoms in total. The predicted octanol–water partition coefficient (Wildman–Crippen LogP) is 7.04. The van der Waals surface area contributed by atoms with Crippen molar-refractivity contribution in [2.24, 2.45) is 5.73 Å². The summed E-state index contributed by atoms with van der Waals surface area (Å²) in [5, 5.41) is 9.30. The van der Waals surface area contributed by atoms with Gasteiger partial charge in [-0.1, -0.05) is 135 Å². The van der Waals surface area contributed by atoms with Crippen LogP contribution in [0.15, 0.2) is 0 Å². The largest absolute Gasteiger partial charge is 0.383 e. The van der Waals surface area contributed by atoms with Gasteiger partial charge in [0.05, 0.1) is 0 Å². The summed E-state index contributed by atoms with van der Waals surface area (Å²) in [5.74, 6) is -0.590. The van der Waals surface area contributed by atoms with Crippen LogP contribution in [0.4, 0.5) is 0 Å². The molecule has 0 aromatic carbocycles. The minimum atomic E-state index is -0.944. The van der Waals surface area contributed by atoms with Gasteiger partial charge in [0.2, 0.25) is 5.91 Å². The zero-order valence-corrected chi connectivity index (χ0v) is 18.4. The number of amides is 1. The number of carbonyl (C=O) groups excluding carboxylic acids is 1. The Hall–Kier alpha value is -0.570. The first-order chi connectivity index (χ1) is 13.2. The summed E-state index contributed by atoms with van der Waals surface area (Å²) in [6.45, 7) is 2.28. The molecule has 0 saturated carbocycles. The molecule has 0 aliphatic carbocycles. The molecule has 0 radical (unpaired) electrons. The molecular formula is C24H49NO2. The molecule has 0 bridgehead atoms. The van der Waals surface area contributed by atoms with Crippen molar-refractivity contribution in [1.29, 1.82) is 0 Å². The fraction of sp³-hybridized carbons (Fsp3) is 0.958. The third kappa shape index (κ3) is 21.6. The van der Waals surface area contributed by atoms with Gasteiger partial charge < -0.3 is 10.8 Å². The molecule has 3 heteroatoms. The second-order valence-corrected chi connectivity index (χ2v) is 8.42. The lowest BCUT2D eigenvalue weighted by atomic mass is 10.0. The maximum atomic E-state index is 10.7. The quantitative estimate of drug-likeness (QED) is 0.197. The van der Waals surface area contributed by atoms with E-state index in [0.29, 0.717) is 6.42 Å². The Kier molecular flexibility index (Phi) is 21.3. The summed E-state index contributed by atoms with van der Waals surface area (Å²) in [6.07, 6.45) is 26.8. The molecule has 27 heavy (non-hydrogen) atoms. The van der Waals surface area contributed by atoms with Crippen LogP contribution in [0.3, 0.4) is 0 Å². The van der Waals surface area contributed by atoms with E-state index in [9.17, 15) is 9.90 Å². The Labute approximate surface area is 169 Å². The molecule has 0 spiro atoms. The van der Waals surface area contributed by atoms with Gasteiger partial charge in [-0.3, -0.25) is 4.79 Å². The van der Waals surface area contributed by atoms with Crippen molar-refractivity contribution in [1.82, 2.24) is 0 Å². The number of rotatable bonds is 22. The average Bonchev–Trinajstić information content (AvgIpc) is 2.66. The molecule has 0 saturated heterocycles. The predicted molar refractivity (Wildman–Crippen MR) is 118 cm³/mol. The zero-order chi connectivity index (χ0) is 20.0. The third-order valence-corrected chi connectivity index (χ3v) is 5.66. The van der Waals surface area contributed by atoms with Gasteiger partial charge in [0.25, 0.3) is 0 Å². The molecular weight excluding hydrogens is 334 g/mol. The lowest BCUT2D eigenvalue weighted by Crippen LogP contribution is -2.27. The number of aliphatic hydroxyl groups is 1. The van der Waals surface area contributed by atoms with Crippen LogP contribution in [-0.2, 0) is 4.79 Å². The molecule has 0 aromatic rings. The van der Waals surface area contributed by atoms with E-state index < -0.39 is 12.0 Å². The molecule has 0 aliphatic heterocycles. The van der Waals surface area contributed by atoms with E-state index >= 15 is 0 Å². The SMILES string of the molecule is CCCCCCCCCCCCCCCCCCCCCC[C@@H](O)C(N)=O. The topological polar surface area (TPSA) is 63.3 Å². The summed E-state index contributed by atoms with van der Waals surface area (Å²) < 4.78 is 0. The van der Waals surface area contributed by atoms with Gasteiger partial charge in [-0.25, -0.2) is 0 Å². The van der Waals surface area contributed by atoms with E-state index in [0.717, 1.165) is 12.8 Å². The number of unbranched alkanes of at least 4 members (excludes halogenated alkanes) is 19. The summed E-state index contributed by atoms with van der Waals surface area (Å²) in [4.78, 5) is 10.7. The van der Waals surface area contributed by atoms with Crippen molar-refractivity contribution in [3.05, 3.63) is 0 Å². The Balaban J connectivity index is 3.04. The van der Waals surface area contributed by atoms with E-state index in [1.807, 2.05) is 0 Å². The molecule has 0 heterocycles. The maximum absolute atomic E-state index is 10.7. The van der Waals surface area contributed by atoms with E-state index in [-0.39, 0.29) is 0 Å². The number of aliphatic hydroxyl groups excluding tert-OH is 1. The maximum Gasteiger partial charge on any atom is 0.246 e. The number of nitrogens with two attached hydrogens (primary N) is 1. The van der Waals surface area contributed by atoms with Crippen LogP contribution < -0.4 is 5.73 Å². The lowest BCUT2D eigenvalue weighted by Gasteiger charge is -2.06. The monoisotopic (exact) mass is 383 g/mol. The van der Waals surface area contributed by atoms with Crippen molar-refractivity contribution in [3.63, 3.8) is 0 Å². The van der Waals surface area contributed by atoms with Gasteiger partial charge in [-0.05, 0) is 6.42 Å². The Morgan fingerprint density at radius 3 is 1.11 bits per heavy atom. The molecule has 1 amide bonds. The summed E-state index contributed by atoms with van der Waals surface area (Å²) in [5.41, 5.74) is 5.03. The van der Waals surface area contributed by atoms with Gasteiger partial charge in [-0.2, -0.15) is 0 Å². The van der Waals surface area contributed by atoms with Crippen molar-refractivity contribution in [3.8, 4) is 0 Å². The average molecular weight is 384 g/mol. The molecule has 3 N–H and O–H groups in total. The van der Waals surface area contributed by atoms with Gasteiger partial charge in [0, 0.05) is 0 Å². The van der Waals surface area contributed by atoms with Crippen LogP contribution >= 0.6 is 0 Å². The molecule has 0 aliphatic rings. The second kappa shape index (κ2) is 21.7. The highest BCUT2D eigenvalue weighted by atomic mass is 16.3. The van der Waals surface area contributed by atoms with Crippen LogP contribution in [-0.4, -0.2) is 17.1 Å². The highest BCUT2D eigenvalue weighted by molar-refractivity contribution is 5.78. The minimum Gasteiger partial charge on any atom is -0.383 e. The number of hydrogen-bond acceptors (Lipinski definition) is 2. The van der Waals surface area contributed by atoms with Gasteiger partial charge >= 0.3 is 0 Å². The highest BCUT2D eigenvalue weighted by Gasteiger charge is 2.09. The van der Waals surface area contributed by atoms with Crippen molar-refractivity contribution in [2.45, 2.75) is 148 Å². The van der Waals surface area contributed by atoms with Crippen LogP contribution in [0.1, 0.15) is 142 Å². The highest BCUT2D eigenvalue weighted by Crippen LogP contribution is 2.15. The fourth-order valence-corrected chi connectivity index (χ4v) is 3.74. The Morgan fingerprint density at radius 1 is 0.593 bits per heavy atom. The number of hydrogen-bond donors (Lipinski definition) is 2. The zero-order valence-electron chi connectivity index (χ0n) is 18.4. The molecule has 0 fully saturated rings. The smallest absolute Gasteiger partial charge is 0.246 e. The normalized spacial score (nSPS) is 12.4.